The van der Waals surface area contributed by atoms with Crippen molar-refractivity contribution in [2.75, 3.05) is 6.61 Å². The Morgan fingerprint density at radius 2 is 1.46 bits per heavy atom. The molecule has 0 spiro atoms. The van der Waals surface area contributed by atoms with Crippen molar-refractivity contribution >= 4 is 18.0 Å². The molecule has 2 aromatic carbocycles. The first-order valence-electron chi connectivity index (χ1n) is 12.6. The lowest BCUT2D eigenvalue weighted by atomic mass is 9.78. The Labute approximate surface area is 205 Å². The lowest BCUT2D eigenvalue weighted by Gasteiger charge is -2.37. The van der Waals surface area contributed by atoms with Gasteiger partial charge in [-0.25, -0.2) is 9.59 Å². The average molecular weight is 477 g/mol. The number of carbonyl (C=O) groups excluding carboxylic acids is 2. The van der Waals surface area contributed by atoms with E-state index in [2.05, 4.69) is 34.9 Å². The second kappa shape index (κ2) is 9.72. The highest BCUT2D eigenvalue weighted by molar-refractivity contribution is 5.88. The summed E-state index contributed by atoms with van der Waals surface area (Å²) in [7, 11) is 0. The molecule has 2 saturated carbocycles. The van der Waals surface area contributed by atoms with Gasteiger partial charge in [-0.2, -0.15) is 0 Å². The Morgan fingerprint density at radius 3 is 2.03 bits per heavy atom. The number of rotatable bonds is 6. The first kappa shape index (κ1) is 23.4. The number of hydrogen-bond donors (Lipinski definition) is 3. The summed E-state index contributed by atoms with van der Waals surface area (Å²) in [5.41, 5.74) is 3.52. The van der Waals surface area contributed by atoms with Crippen LogP contribution in [0, 0.1) is 5.92 Å². The van der Waals surface area contributed by atoms with Gasteiger partial charge in [-0.15, -0.1) is 0 Å². The van der Waals surface area contributed by atoms with E-state index in [4.69, 9.17) is 4.74 Å². The third-order valence-electron chi connectivity index (χ3n) is 7.90. The summed E-state index contributed by atoms with van der Waals surface area (Å²) in [4.78, 5) is 37.2. The standard InChI is InChI=1S/C28H32N2O5/c31-25(30-28(26(32)33)13-7-1-2-8-14-28)18-15-19(16-18)29-27(34)35-17-24-22-11-5-3-9-20(22)21-10-4-6-12-23(21)24/h3-6,9-12,18-19,24H,1-2,7-8,13-17H2,(H,29,34)(H,30,31)(H,32,33). The quantitative estimate of drug-likeness (QED) is 0.529. The molecule has 2 amide bonds. The van der Waals surface area contributed by atoms with Crippen molar-refractivity contribution in [3.05, 3.63) is 59.7 Å². The van der Waals surface area contributed by atoms with Crippen LogP contribution in [-0.2, 0) is 14.3 Å². The molecule has 0 radical (unpaired) electrons. The predicted molar refractivity (Wildman–Crippen MR) is 131 cm³/mol. The van der Waals surface area contributed by atoms with Crippen LogP contribution in [0.3, 0.4) is 0 Å². The van der Waals surface area contributed by atoms with Crippen LogP contribution in [0.5, 0.6) is 0 Å². The second-order valence-electron chi connectivity index (χ2n) is 10.1. The fraction of sp³-hybridized carbons (Fsp3) is 0.464. The Morgan fingerprint density at radius 1 is 0.886 bits per heavy atom. The molecule has 0 bridgehead atoms. The van der Waals surface area contributed by atoms with Crippen molar-refractivity contribution in [1.29, 1.82) is 0 Å². The number of aliphatic carboxylic acids is 1. The fourth-order valence-corrected chi connectivity index (χ4v) is 5.82. The van der Waals surface area contributed by atoms with E-state index in [0.29, 0.717) is 25.7 Å². The third-order valence-corrected chi connectivity index (χ3v) is 7.90. The minimum Gasteiger partial charge on any atom is -0.480 e. The molecule has 35 heavy (non-hydrogen) atoms. The second-order valence-corrected chi connectivity index (χ2v) is 10.1. The van der Waals surface area contributed by atoms with Crippen LogP contribution in [0.25, 0.3) is 11.1 Å². The van der Waals surface area contributed by atoms with E-state index in [-0.39, 0.29) is 30.4 Å². The van der Waals surface area contributed by atoms with E-state index in [9.17, 15) is 19.5 Å². The predicted octanol–water partition coefficient (Wildman–Crippen LogP) is 4.60. The monoisotopic (exact) mass is 476 g/mol. The zero-order chi connectivity index (χ0) is 24.4. The van der Waals surface area contributed by atoms with Crippen molar-refractivity contribution in [1.82, 2.24) is 10.6 Å². The molecule has 2 aromatic rings. The van der Waals surface area contributed by atoms with Crippen molar-refractivity contribution in [2.45, 2.75) is 68.9 Å². The van der Waals surface area contributed by atoms with Gasteiger partial charge < -0.3 is 20.5 Å². The summed E-state index contributed by atoms with van der Waals surface area (Å²) < 4.78 is 5.60. The molecular formula is C28H32N2O5. The van der Waals surface area contributed by atoms with Gasteiger partial charge in [0.25, 0.3) is 0 Å². The molecule has 0 saturated heterocycles. The van der Waals surface area contributed by atoms with Crippen molar-refractivity contribution in [3.63, 3.8) is 0 Å². The SMILES string of the molecule is O=C(NC1CC(C(=O)NC2(C(=O)O)CCCCCC2)C1)OCC1c2ccccc2-c2ccccc21. The van der Waals surface area contributed by atoms with Gasteiger partial charge in [0.15, 0.2) is 0 Å². The van der Waals surface area contributed by atoms with Crippen molar-refractivity contribution < 1.29 is 24.2 Å². The number of ether oxygens (including phenoxy) is 1. The Balaban J connectivity index is 1.11. The van der Waals surface area contributed by atoms with Gasteiger partial charge in [0.1, 0.15) is 12.1 Å². The Hall–Kier alpha value is -3.35. The van der Waals surface area contributed by atoms with E-state index in [0.717, 1.165) is 36.8 Å². The number of amides is 2. The number of nitrogens with one attached hydrogen (secondary N) is 2. The lowest BCUT2D eigenvalue weighted by molar-refractivity contribution is -0.149. The van der Waals surface area contributed by atoms with Crippen LogP contribution in [0.2, 0.25) is 0 Å². The molecule has 3 aliphatic carbocycles. The van der Waals surface area contributed by atoms with Crippen LogP contribution in [0.4, 0.5) is 4.79 Å². The first-order valence-corrected chi connectivity index (χ1v) is 12.6. The molecule has 0 unspecified atom stereocenters. The maximum absolute atomic E-state index is 12.8. The van der Waals surface area contributed by atoms with Crippen LogP contribution >= 0.6 is 0 Å². The van der Waals surface area contributed by atoms with Crippen LogP contribution in [0.1, 0.15) is 68.4 Å². The van der Waals surface area contributed by atoms with Crippen molar-refractivity contribution in [3.8, 4) is 11.1 Å². The van der Waals surface area contributed by atoms with E-state index >= 15 is 0 Å². The van der Waals surface area contributed by atoms with Crippen LogP contribution < -0.4 is 10.6 Å². The summed E-state index contributed by atoms with van der Waals surface area (Å²) in [6.45, 7) is 0.248. The summed E-state index contributed by atoms with van der Waals surface area (Å²) >= 11 is 0. The van der Waals surface area contributed by atoms with E-state index < -0.39 is 17.6 Å². The first-order chi connectivity index (χ1) is 17.0. The largest absolute Gasteiger partial charge is 0.480 e. The normalized spacial score (nSPS) is 22.6. The summed E-state index contributed by atoms with van der Waals surface area (Å²) in [5, 5.41) is 15.5. The number of carbonyl (C=O) groups is 3. The molecule has 7 nitrogen and oxygen atoms in total. The number of benzene rings is 2. The van der Waals surface area contributed by atoms with E-state index in [1.807, 2.05) is 24.3 Å². The minimum atomic E-state index is -1.15. The number of hydrogen-bond acceptors (Lipinski definition) is 4. The molecule has 7 heteroatoms. The highest BCUT2D eigenvalue weighted by atomic mass is 16.5. The number of alkyl carbamates (subject to hydrolysis) is 1. The van der Waals surface area contributed by atoms with E-state index in [1.54, 1.807) is 0 Å². The summed E-state index contributed by atoms with van der Waals surface area (Å²) in [6.07, 6.45) is 5.07. The summed E-state index contributed by atoms with van der Waals surface area (Å²) in [5.74, 6) is -1.45. The average Bonchev–Trinajstić information content (AvgIpc) is 2.96. The van der Waals surface area contributed by atoms with Crippen molar-refractivity contribution in [2.24, 2.45) is 5.92 Å². The van der Waals surface area contributed by atoms with Gasteiger partial charge in [0.2, 0.25) is 5.91 Å². The molecule has 3 aliphatic rings. The summed E-state index contributed by atoms with van der Waals surface area (Å²) in [6, 6.07) is 16.2. The van der Waals surface area contributed by atoms with Gasteiger partial charge in [0, 0.05) is 17.9 Å². The molecule has 0 heterocycles. The Kier molecular flexibility index (Phi) is 6.50. The van der Waals surface area contributed by atoms with Gasteiger partial charge in [-0.1, -0.05) is 74.2 Å². The number of fused-ring (bicyclic) bond motifs is 3. The minimum absolute atomic E-state index is 0.000139. The van der Waals surface area contributed by atoms with Crippen LogP contribution in [0.15, 0.2) is 48.5 Å². The fourth-order valence-electron chi connectivity index (χ4n) is 5.82. The molecule has 0 aliphatic heterocycles. The number of carboxylic acid groups (broad SMARTS) is 1. The highest BCUT2D eigenvalue weighted by Crippen LogP contribution is 2.44. The topological polar surface area (TPSA) is 105 Å². The molecule has 5 rings (SSSR count). The molecule has 3 N–H and O–H groups in total. The molecular weight excluding hydrogens is 444 g/mol. The zero-order valence-electron chi connectivity index (χ0n) is 19.8. The van der Waals surface area contributed by atoms with Gasteiger partial charge >= 0.3 is 12.1 Å². The van der Waals surface area contributed by atoms with E-state index in [1.165, 1.54) is 11.1 Å². The van der Waals surface area contributed by atoms with Gasteiger partial charge in [0.05, 0.1) is 0 Å². The van der Waals surface area contributed by atoms with Gasteiger partial charge in [-0.05, 0) is 47.9 Å². The molecule has 184 valence electrons. The van der Waals surface area contributed by atoms with Crippen LogP contribution in [-0.4, -0.2) is 41.3 Å². The van der Waals surface area contributed by atoms with Gasteiger partial charge in [-0.3, -0.25) is 4.79 Å². The Bertz CT molecular complexity index is 1070. The molecule has 0 aromatic heterocycles. The maximum Gasteiger partial charge on any atom is 0.407 e. The third kappa shape index (κ3) is 4.64. The smallest absolute Gasteiger partial charge is 0.407 e. The molecule has 2 fully saturated rings. The maximum atomic E-state index is 12.8. The molecule has 0 atom stereocenters. The zero-order valence-corrected chi connectivity index (χ0v) is 19.8. The lowest BCUT2D eigenvalue weighted by Crippen LogP contribution is -2.58. The highest BCUT2D eigenvalue weighted by Gasteiger charge is 2.44. The number of carboxylic acids is 1.